The number of hydrogen-bond acceptors (Lipinski definition) is 17. The van der Waals surface area contributed by atoms with E-state index >= 15 is 0 Å². The molecule has 0 amide bonds. The lowest BCUT2D eigenvalue weighted by molar-refractivity contribution is -0.109. The van der Waals surface area contributed by atoms with Gasteiger partial charge in [-0.25, -0.2) is 14.6 Å². The van der Waals surface area contributed by atoms with Gasteiger partial charge in [0.1, 0.15) is 35.6 Å². The second-order valence-electron chi connectivity index (χ2n) is 15.4. The van der Waals surface area contributed by atoms with Crippen LogP contribution in [0.3, 0.4) is 0 Å². The van der Waals surface area contributed by atoms with Gasteiger partial charge in [0.05, 0.1) is 97.8 Å². The van der Waals surface area contributed by atoms with Crippen LogP contribution in [-0.2, 0) is 52.7 Å². The highest BCUT2D eigenvalue weighted by Gasteiger charge is 2.20. The number of fused-ring (bicyclic) bond motifs is 2. The summed E-state index contributed by atoms with van der Waals surface area (Å²) in [6.45, 7) is 22.6. The van der Waals surface area contributed by atoms with Crippen molar-refractivity contribution in [3.8, 4) is 17.0 Å². The van der Waals surface area contributed by atoms with Gasteiger partial charge in [-0.3, -0.25) is 14.8 Å². The Morgan fingerprint density at radius 2 is 1.39 bits per heavy atom. The molecule has 4 heterocycles. The molecular formula is C46H70N10O8. The van der Waals surface area contributed by atoms with Crippen molar-refractivity contribution in [2.24, 2.45) is 10.7 Å². The van der Waals surface area contributed by atoms with E-state index in [1.165, 1.54) is 23.0 Å². The van der Waals surface area contributed by atoms with Crippen molar-refractivity contribution in [1.82, 2.24) is 34.4 Å². The number of nitrogens with zero attached hydrogens (tertiary/aromatic N) is 8. The average Bonchev–Trinajstić information content (AvgIpc) is 3.68. The lowest BCUT2D eigenvalue weighted by atomic mass is 9.97. The smallest absolute Gasteiger partial charge is 0.164 e. The Morgan fingerprint density at radius 3 is 2.00 bits per heavy atom. The topological polar surface area (TPSA) is 199 Å². The normalized spacial score (nSPS) is 14.6. The summed E-state index contributed by atoms with van der Waals surface area (Å²) in [5, 5.41) is 5.65. The standard InChI is InChI=1S/C25H27N7O.C21H43N3O7/c1-4-33-21-8-7-18(12-20(21)27-2)23-22-24(26)28-15-29-25(22)32(30-23)13-16-5-6-19-14-31(3)10-9-17(19)11-16;22-2-11-27-15-16-28-12-7-23-3-5-24(6-4-23)8-13-29-17-19-31-21-20-30-18-14-26-10-1-9-25/h5-8,11-12,15H,2,4,9-10,13-14H2,1,3H3,(H2,26,28,29);9H,1-8,10-22H2. The van der Waals surface area contributed by atoms with Crippen LogP contribution >= 0.6 is 0 Å². The summed E-state index contributed by atoms with van der Waals surface area (Å²) < 4.78 is 40.1. The molecule has 1 fully saturated rings. The maximum atomic E-state index is 10.1. The molecule has 2 aromatic heterocycles. The predicted octanol–water partition coefficient (Wildman–Crippen LogP) is 3.09. The SMILES string of the molecule is C=Nc1cc(-c2nn(Cc3ccc4c(c3)CCN(C)C4)c3ncnc(N)c23)ccc1OCC.NCCOCCOCCN1CCN(CCOCCOCCOCCOCCC=O)CC1. The molecule has 18 heteroatoms. The molecule has 352 valence electrons. The van der Waals surface area contributed by atoms with E-state index in [9.17, 15) is 4.79 Å². The Balaban J connectivity index is 0.000000242. The summed E-state index contributed by atoms with van der Waals surface area (Å²) >= 11 is 0. The van der Waals surface area contributed by atoms with Crippen LogP contribution in [0, 0.1) is 0 Å². The zero-order valence-corrected chi connectivity index (χ0v) is 38.0. The molecule has 0 radical (unpaired) electrons. The molecule has 0 atom stereocenters. The van der Waals surface area contributed by atoms with E-state index in [0.717, 1.165) is 94.9 Å². The van der Waals surface area contributed by atoms with Gasteiger partial charge < -0.3 is 54.3 Å². The van der Waals surface area contributed by atoms with Crippen LogP contribution in [0.2, 0.25) is 0 Å². The highest BCUT2D eigenvalue weighted by atomic mass is 16.6. The Kier molecular flexibility index (Phi) is 23.0. The zero-order chi connectivity index (χ0) is 45.2. The Morgan fingerprint density at radius 1 is 0.766 bits per heavy atom. The maximum absolute atomic E-state index is 10.1. The molecule has 0 unspecified atom stereocenters. The molecule has 1 saturated heterocycles. The van der Waals surface area contributed by atoms with E-state index in [1.54, 1.807) is 0 Å². The van der Waals surface area contributed by atoms with Crippen molar-refractivity contribution in [1.29, 1.82) is 0 Å². The second kappa shape index (κ2) is 29.1. The van der Waals surface area contributed by atoms with Gasteiger partial charge in [0.25, 0.3) is 0 Å². The monoisotopic (exact) mass is 891 g/mol. The summed E-state index contributed by atoms with van der Waals surface area (Å²) in [5.74, 6) is 1.08. The first kappa shape index (κ1) is 50.5. The molecule has 2 aliphatic rings. The Hall–Kier alpha value is -4.47. The number of aromatic nitrogens is 4. The molecule has 0 bridgehead atoms. The third kappa shape index (κ3) is 16.8. The zero-order valence-electron chi connectivity index (χ0n) is 38.0. The minimum atomic E-state index is 0.400. The average molecular weight is 891 g/mol. The Labute approximate surface area is 378 Å². The number of carbonyl (C=O) groups is 1. The minimum Gasteiger partial charge on any atom is -0.492 e. The number of aliphatic imine (C=N–C) groups is 1. The van der Waals surface area contributed by atoms with Crippen LogP contribution < -0.4 is 16.2 Å². The molecule has 6 rings (SSSR count). The summed E-state index contributed by atoms with van der Waals surface area (Å²) in [6.07, 6.45) is 3.82. The van der Waals surface area contributed by atoms with Crippen LogP contribution in [-0.4, -0.2) is 193 Å². The van der Waals surface area contributed by atoms with Gasteiger partial charge in [0, 0.05) is 70.9 Å². The molecule has 64 heavy (non-hydrogen) atoms. The van der Waals surface area contributed by atoms with Gasteiger partial charge >= 0.3 is 0 Å². The quantitative estimate of drug-likeness (QED) is 0.0458. The van der Waals surface area contributed by atoms with E-state index in [-0.39, 0.29) is 0 Å². The molecular weight excluding hydrogens is 821 g/mol. The largest absolute Gasteiger partial charge is 0.492 e. The highest BCUT2D eigenvalue weighted by Crippen LogP contribution is 2.36. The maximum Gasteiger partial charge on any atom is 0.164 e. The first-order valence-electron chi connectivity index (χ1n) is 22.5. The fourth-order valence-electron chi connectivity index (χ4n) is 7.35. The molecule has 18 nitrogen and oxygen atoms in total. The van der Waals surface area contributed by atoms with Crippen molar-refractivity contribution in [3.63, 3.8) is 0 Å². The predicted molar refractivity (Wildman–Crippen MR) is 249 cm³/mol. The fourth-order valence-corrected chi connectivity index (χ4v) is 7.35. The number of nitrogens with two attached hydrogens (primary N) is 2. The van der Waals surface area contributed by atoms with E-state index < -0.39 is 0 Å². The van der Waals surface area contributed by atoms with Crippen LogP contribution in [0.4, 0.5) is 11.5 Å². The van der Waals surface area contributed by atoms with E-state index in [0.29, 0.717) is 115 Å². The van der Waals surface area contributed by atoms with Crippen molar-refractivity contribution in [3.05, 3.63) is 59.4 Å². The summed E-state index contributed by atoms with van der Waals surface area (Å²) in [7, 11) is 2.16. The molecule has 0 saturated carbocycles. The molecule has 4 aromatic rings. The number of piperazine rings is 1. The number of anilines is 1. The van der Waals surface area contributed by atoms with E-state index in [1.807, 2.05) is 29.8 Å². The number of ether oxygens (including phenoxy) is 7. The molecule has 0 spiro atoms. The number of hydrogen-bond donors (Lipinski definition) is 2. The first-order chi connectivity index (χ1) is 31.4. The summed E-state index contributed by atoms with van der Waals surface area (Å²) in [6, 6.07) is 12.4. The van der Waals surface area contributed by atoms with Gasteiger partial charge in [0.15, 0.2) is 5.65 Å². The number of likely N-dealkylation sites (N-methyl/N-ethyl adjacent to an activating group) is 1. The van der Waals surface area contributed by atoms with Crippen molar-refractivity contribution < 1.29 is 38.0 Å². The number of rotatable bonds is 29. The Bertz CT molecular complexity index is 1960. The van der Waals surface area contributed by atoms with Gasteiger partial charge in [0.2, 0.25) is 0 Å². The number of nitrogen functional groups attached to an aromatic ring is 1. The highest BCUT2D eigenvalue weighted by molar-refractivity contribution is 5.98. The van der Waals surface area contributed by atoms with Crippen molar-refractivity contribution in [2.45, 2.75) is 32.9 Å². The minimum absolute atomic E-state index is 0.400. The molecule has 2 aliphatic heterocycles. The molecule has 4 N–H and O–H groups in total. The van der Waals surface area contributed by atoms with Gasteiger partial charge in [-0.2, -0.15) is 5.10 Å². The molecule has 0 aliphatic carbocycles. The van der Waals surface area contributed by atoms with Crippen LogP contribution in [0.25, 0.3) is 22.3 Å². The van der Waals surface area contributed by atoms with Gasteiger partial charge in [-0.05, 0) is 62.0 Å². The van der Waals surface area contributed by atoms with Crippen LogP contribution in [0.5, 0.6) is 5.75 Å². The fraction of sp³-hybridized carbons (Fsp3) is 0.587. The lowest BCUT2D eigenvalue weighted by Gasteiger charge is -2.34. The van der Waals surface area contributed by atoms with Crippen LogP contribution in [0.1, 0.15) is 30.0 Å². The third-order valence-corrected chi connectivity index (χ3v) is 10.8. The number of aldehydes is 1. The van der Waals surface area contributed by atoms with Crippen LogP contribution in [0.15, 0.2) is 47.7 Å². The van der Waals surface area contributed by atoms with E-state index in [2.05, 4.69) is 61.6 Å². The summed E-state index contributed by atoms with van der Waals surface area (Å²) in [4.78, 5) is 30.2. The first-order valence-corrected chi connectivity index (χ1v) is 22.5. The second-order valence-corrected chi connectivity index (χ2v) is 15.4. The lowest BCUT2D eigenvalue weighted by Crippen LogP contribution is -2.48. The van der Waals surface area contributed by atoms with Crippen molar-refractivity contribution >= 4 is 35.5 Å². The summed E-state index contributed by atoms with van der Waals surface area (Å²) in [5.41, 5.74) is 18.6. The number of carbonyl (C=O) groups excluding carboxylic acids is 1. The van der Waals surface area contributed by atoms with Crippen molar-refractivity contribution in [2.75, 3.05) is 151 Å². The third-order valence-electron chi connectivity index (χ3n) is 10.8. The van der Waals surface area contributed by atoms with Gasteiger partial charge in [-0.1, -0.05) is 18.2 Å². The van der Waals surface area contributed by atoms with E-state index in [4.69, 9.17) is 49.7 Å². The van der Waals surface area contributed by atoms with Gasteiger partial charge in [-0.15, -0.1) is 0 Å². The number of benzene rings is 2. The molecule has 2 aromatic carbocycles.